The van der Waals surface area contributed by atoms with Crippen LogP contribution in [0.3, 0.4) is 0 Å². The van der Waals surface area contributed by atoms with E-state index >= 15 is 0 Å². The topological polar surface area (TPSA) is 16.4 Å². The van der Waals surface area contributed by atoms with Crippen molar-refractivity contribution in [2.24, 2.45) is 0 Å². The van der Waals surface area contributed by atoms with Crippen LogP contribution in [0.4, 0.5) is 17.1 Å². The van der Waals surface area contributed by atoms with Gasteiger partial charge in [0.2, 0.25) is 0 Å². The van der Waals surface area contributed by atoms with Gasteiger partial charge >= 0.3 is 0 Å². The number of fused-ring (bicyclic) bond motifs is 5. The fourth-order valence-electron chi connectivity index (χ4n) is 6.87. The van der Waals surface area contributed by atoms with Gasteiger partial charge in [-0.1, -0.05) is 140 Å². The van der Waals surface area contributed by atoms with E-state index in [0.717, 1.165) is 50.1 Å². The molecular weight excluding hydrogens is 558 g/mol. The first-order valence-corrected chi connectivity index (χ1v) is 15.7. The lowest BCUT2D eigenvalue weighted by atomic mass is 9.98. The lowest BCUT2D eigenvalue weighted by molar-refractivity contribution is 0.670. The summed E-state index contributed by atoms with van der Waals surface area (Å²) in [6, 6.07) is 62.6. The van der Waals surface area contributed by atoms with Crippen molar-refractivity contribution in [2.45, 2.75) is 0 Å². The molecule has 2 heteroatoms. The van der Waals surface area contributed by atoms with Crippen molar-refractivity contribution in [1.29, 1.82) is 0 Å². The maximum Gasteiger partial charge on any atom is 0.143 e. The predicted molar refractivity (Wildman–Crippen MR) is 194 cm³/mol. The van der Waals surface area contributed by atoms with Crippen LogP contribution in [0.25, 0.3) is 65.7 Å². The molecule has 2 nitrogen and oxygen atoms in total. The number of rotatable bonds is 5. The number of hydrogen-bond acceptors (Lipinski definition) is 2. The van der Waals surface area contributed by atoms with E-state index in [2.05, 4.69) is 175 Å². The number of benzene rings is 8. The summed E-state index contributed by atoms with van der Waals surface area (Å²) in [6.07, 6.45) is 0. The van der Waals surface area contributed by atoms with E-state index in [4.69, 9.17) is 4.42 Å². The average molecular weight is 588 g/mol. The predicted octanol–water partition coefficient (Wildman–Crippen LogP) is 12.7. The zero-order valence-corrected chi connectivity index (χ0v) is 25.1. The lowest BCUT2D eigenvalue weighted by Gasteiger charge is -2.27. The molecule has 8 aromatic carbocycles. The first kappa shape index (κ1) is 26.3. The molecule has 0 atom stereocenters. The van der Waals surface area contributed by atoms with Crippen LogP contribution in [0.5, 0.6) is 0 Å². The van der Waals surface area contributed by atoms with Crippen LogP contribution in [0.15, 0.2) is 180 Å². The van der Waals surface area contributed by atoms with E-state index in [1.54, 1.807) is 0 Å². The highest BCUT2D eigenvalue weighted by atomic mass is 16.3. The molecule has 0 aliphatic rings. The Labute approximate surface area is 267 Å². The molecule has 1 heterocycles. The molecular formula is C44H29NO. The normalized spacial score (nSPS) is 11.5. The fraction of sp³-hybridized carbons (Fsp3) is 0. The van der Waals surface area contributed by atoms with Crippen molar-refractivity contribution in [2.75, 3.05) is 4.90 Å². The molecule has 0 radical (unpaired) electrons. The first-order chi connectivity index (χ1) is 22.8. The monoisotopic (exact) mass is 587 g/mol. The van der Waals surface area contributed by atoms with Gasteiger partial charge in [-0.3, -0.25) is 0 Å². The number of furan rings is 1. The van der Waals surface area contributed by atoms with Gasteiger partial charge in [-0.25, -0.2) is 0 Å². The third-order valence-corrected chi connectivity index (χ3v) is 9.06. The molecule has 0 bridgehead atoms. The minimum atomic E-state index is 0.869. The molecule has 216 valence electrons. The third-order valence-electron chi connectivity index (χ3n) is 9.06. The molecule has 0 saturated carbocycles. The molecule has 0 saturated heterocycles. The molecule has 0 spiro atoms. The van der Waals surface area contributed by atoms with Crippen molar-refractivity contribution in [1.82, 2.24) is 0 Å². The van der Waals surface area contributed by atoms with Gasteiger partial charge in [-0.05, 0) is 63.2 Å². The molecule has 0 unspecified atom stereocenters. The number of hydrogen-bond donors (Lipinski definition) is 0. The van der Waals surface area contributed by atoms with Crippen molar-refractivity contribution < 1.29 is 4.42 Å². The summed E-state index contributed by atoms with van der Waals surface area (Å²) in [5, 5.41) is 7.14. The summed E-state index contributed by atoms with van der Waals surface area (Å²) in [6.45, 7) is 0. The van der Waals surface area contributed by atoms with Crippen molar-refractivity contribution in [3.8, 4) is 22.3 Å². The highest BCUT2D eigenvalue weighted by Gasteiger charge is 2.19. The number of anilines is 3. The van der Waals surface area contributed by atoms with Gasteiger partial charge in [0.25, 0.3) is 0 Å². The molecule has 0 aliphatic heterocycles. The van der Waals surface area contributed by atoms with E-state index < -0.39 is 0 Å². The Morgan fingerprint density at radius 2 is 0.957 bits per heavy atom. The van der Waals surface area contributed by atoms with Crippen molar-refractivity contribution in [3.05, 3.63) is 176 Å². The van der Waals surface area contributed by atoms with Crippen LogP contribution in [0.2, 0.25) is 0 Å². The van der Waals surface area contributed by atoms with Gasteiger partial charge < -0.3 is 9.32 Å². The van der Waals surface area contributed by atoms with Crippen molar-refractivity contribution >= 4 is 60.5 Å². The highest BCUT2D eigenvalue weighted by Crippen LogP contribution is 2.43. The minimum Gasteiger partial charge on any atom is -0.455 e. The maximum atomic E-state index is 6.68. The van der Waals surface area contributed by atoms with Crippen LogP contribution in [0.1, 0.15) is 0 Å². The molecule has 0 aliphatic carbocycles. The van der Waals surface area contributed by atoms with E-state index in [1.807, 2.05) is 6.07 Å². The van der Waals surface area contributed by atoms with Crippen molar-refractivity contribution in [3.63, 3.8) is 0 Å². The van der Waals surface area contributed by atoms with Gasteiger partial charge in [0.15, 0.2) is 0 Å². The molecule has 46 heavy (non-hydrogen) atoms. The Kier molecular flexibility index (Phi) is 6.17. The highest BCUT2D eigenvalue weighted by molar-refractivity contribution is 6.11. The third kappa shape index (κ3) is 4.35. The summed E-state index contributed by atoms with van der Waals surface area (Å²) in [4.78, 5) is 2.35. The summed E-state index contributed by atoms with van der Waals surface area (Å²) in [7, 11) is 0. The van der Waals surface area contributed by atoms with Gasteiger partial charge in [-0.2, -0.15) is 0 Å². The van der Waals surface area contributed by atoms with Gasteiger partial charge in [0.1, 0.15) is 11.2 Å². The zero-order chi connectivity index (χ0) is 30.5. The smallest absolute Gasteiger partial charge is 0.143 e. The Bertz CT molecular complexity index is 2520. The van der Waals surface area contributed by atoms with E-state index in [0.29, 0.717) is 0 Å². The van der Waals surface area contributed by atoms with E-state index in [1.165, 1.54) is 32.7 Å². The summed E-state index contributed by atoms with van der Waals surface area (Å²) in [5.41, 5.74) is 9.71. The maximum absolute atomic E-state index is 6.68. The molecule has 9 rings (SSSR count). The van der Waals surface area contributed by atoms with E-state index in [9.17, 15) is 0 Å². The van der Waals surface area contributed by atoms with Crippen LogP contribution in [-0.4, -0.2) is 0 Å². The Hall–Kier alpha value is -6.12. The zero-order valence-electron chi connectivity index (χ0n) is 25.1. The Morgan fingerprint density at radius 1 is 0.370 bits per heavy atom. The minimum absolute atomic E-state index is 0.869. The second-order valence-corrected chi connectivity index (χ2v) is 11.7. The summed E-state index contributed by atoms with van der Waals surface area (Å²) < 4.78 is 6.68. The SMILES string of the molecule is c1ccc(-c2cccc3c2oc2cc(N(c4ccc(-c5cccc6ccccc56)cc4)c4cccc5ccccc45)ccc23)cc1. The average Bonchev–Trinajstić information content (AvgIpc) is 3.50. The van der Waals surface area contributed by atoms with Crippen LogP contribution in [0, 0.1) is 0 Å². The molecule has 0 amide bonds. The van der Waals surface area contributed by atoms with Crippen LogP contribution < -0.4 is 4.90 Å². The first-order valence-electron chi connectivity index (χ1n) is 15.7. The van der Waals surface area contributed by atoms with Gasteiger partial charge in [0, 0.05) is 39.2 Å². The molecule has 0 fully saturated rings. The summed E-state index contributed by atoms with van der Waals surface area (Å²) >= 11 is 0. The fourth-order valence-corrected chi connectivity index (χ4v) is 6.87. The Balaban J connectivity index is 1.22. The second kappa shape index (κ2) is 10.8. The largest absolute Gasteiger partial charge is 0.455 e. The van der Waals surface area contributed by atoms with Crippen LogP contribution in [-0.2, 0) is 0 Å². The standard InChI is InChI=1S/C44H29NO/c1-2-11-32(12-3-1)39-20-10-21-41-40-28-27-35(29-43(40)46-44(39)41)45(42-22-9-16-31-14-5-7-18-38(31)42)34-25-23-33(24-26-34)37-19-8-15-30-13-4-6-17-36(30)37/h1-29H. The lowest BCUT2D eigenvalue weighted by Crippen LogP contribution is -2.10. The molecule has 9 aromatic rings. The van der Waals surface area contributed by atoms with Gasteiger partial charge in [0.05, 0.1) is 5.69 Å². The number of para-hydroxylation sites is 1. The summed E-state index contributed by atoms with van der Waals surface area (Å²) in [5.74, 6) is 0. The van der Waals surface area contributed by atoms with Crippen LogP contribution >= 0.6 is 0 Å². The quantitative estimate of drug-likeness (QED) is 0.199. The Morgan fingerprint density at radius 3 is 1.78 bits per heavy atom. The number of nitrogens with zero attached hydrogens (tertiary/aromatic N) is 1. The van der Waals surface area contributed by atoms with E-state index in [-0.39, 0.29) is 0 Å². The van der Waals surface area contributed by atoms with Gasteiger partial charge in [-0.15, -0.1) is 0 Å². The second-order valence-electron chi connectivity index (χ2n) is 11.7. The molecule has 0 N–H and O–H groups in total. The molecule has 1 aromatic heterocycles.